The molecule has 3 aromatic rings. The summed E-state index contributed by atoms with van der Waals surface area (Å²) >= 11 is 1.33. The van der Waals surface area contributed by atoms with Crippen molar-refractivity contribution in [2.45, 2.75) is 59.3 Å². The Labute approximate surface area is 199 Å². The maximum Gasteiger partial charge on any atom is 0.251 e. The standard InChI is InChI=1S/C25H31N5O2S/c1-7-30-23(19(6)26-24(32)20-10-8-9-15(2)13-20)28-29-25(30)33-14-21(31)27-22-17(4)11-16(3)12-18(22)5/h8-13,19H,7,14H2,1-6H3,(H,26,32)(H,27,31)/t19-/m0/s1. The van der Waals surface area contributed by atoms with E-state index in [0.717, 1.165) is 22.4 Å². The van der Waals surface area contributed by atoms with Crippen LogP contribution in [0.1, 0.15) is 58.3 Å². The smallest absolute Gasteiger partial charge is 0.251 e. The summed E-state index contributed by atoms with van der Waals surface area (Å²) in [5.74, 6) is 0.624. The lowest BCUT2D eigenvalue weighted by Gasteiger charge is -2.15. The molecule has 2 N–H and O–H groups in total. The summed E-state index contributed by atoms with van der Waals surface area (Å²) in [7, 11) is 0. The van der Waals surface area contributed by atoms with Crippen molar-refractivity contribution in [1.29, 1.82) is 0 Å². The lowest BCUT2D eigenvalue weighted by atomic mass is 10.1. The Morgan fingerprint density at radius 2 is 1.73 bits per heavy atom. The van der Waals surface area contributed by atoms with Gasteiger partial charge in [-0.1, -0.05) is 47.2 Å². The van der Waals surface area contributed by atoms with Crippen molar-refractivity contribution in [1.82, 2.24) is 20.1 Å². The molecular weight excluding hydrogens is 434 g/mol. The van der Waals surface area contributed by atoms with Crippen LogP contribution in [0.3, 0.4) is 0 Å². The van der Waals surface area contributed by atoms with E-state index in [0.29, 0.717) is 23.1 Å². The van der Waals surface area contributed by atoms with Crippen molar-refractivity contribution in [2.24, 2.45) is 0 Å². The van der Waals surface area contributed by atoms with Gasteiger partial charge in [0, 0.05) is 17.8 Å². The Hall–Kier alpha value is -3.13. The highest BCUT2D eigenvalue weighted by Gasteiger charge is 2.20. The highest BCUT2D eigenvalue weighted by molar-refractivity contribution is 7.99. The summed E-state index contributed by atoms with van der Waals surface area (Å²) in [6, 6.07) is 11.2. The van der Waals surface area contributed by atoms with E-state index in [1.807, 2.05) is 64.3 Å². The third kappa shape index (κ3) is 6.01. The number of hydrogen-bond donors (Lipinski definition) is 2. The maximum absolute atomic E-state index is 12.6. The molecule has 2 aromatic carbocycles. The zero-order valence-electron chi connectivity index (χ0n) is 20.0. The number of benzene rings is 2. The van der Waals surface area contributed by atoms with Crippen molar-refractivity contribution in [3.8, 4) is 0 Å². The third-order valence-electron chi connectivity index (χ3n) is 5.35. The monoisotopic (exact) mass is 465 g/mol. The molecule has 0 bridgehead atoms. The Morgan fingerprint density at radius 1 is 1.03 bits per heavy atom. The number of carbonyl (C=O) groups excluding carboxylic acids is 2. The van der Waals surface area contributed by atoms with Gasteiger partial charge in [-0.2, -0.15) is 0 Å². The molecule has 0 aliphatic rings. The van der Waals surface area contributed by atoms with Gasteiger partial charge in [-0.05, 0) is 64.8 Å². The van der Waals surface area contributed by atoms with Gasteiger partial charge in [-0.3, -0.25) is 9.59 Å². The number of aryl methyl sites for hydroxylation is 4. The zero-order valence-corrected chi connectivity index (χ0v) is 20.8. The number of hydrogen-bond acceptors (Lipinski definition) is 5. The van der Waals surface area contributed by atoms with E-state index in [2.05, 4.69) is 33.0 Å². The van der Waals surface area contributed by atoms with Crippen LogP contribution in [0.15, 0.2) is 41.6 Å². The first-order valence-electron chi connectivity index (χ1n) is 11.0. The molecule has 2 amide bonds. The van der Waals surface area contributed by atoms with Crippen molar-refractivity contribution in [3.63, 3.8) is 0 Å². The summed E-state index contributed by atoms with van der Waals surface area (Å²) in [5, 5.41) is 15.2. The fraction of sp³-hybridized carbons (Fsp3) is 0.360. The number of aromatic nitrogens is 3. The first-order chi connectivity index (χ1) is 15.7. The van der Waals surface area contributed by atoms with Gasteiger partial charge >= 0.3 is 0 Å². The van der Waals surface area contributed by atoms with Crippen LogP contribution in [-0.2, 0) is 11.3 Å². The van der Waals surface area contributed by atoms with E-state index in [9.17, 15) is 9.59 Å². The van der Waals surface area contributed by atoms with Gasteiger partial charge in [-0.25, -0.2) is 0 Å². The second-order valence-corrected chi connectivity index (χ2v) is 9.20. The lowest BCUT2D eigenvalue weighted by molar-refractivity contribution is -0.113. The van der Waals surface area contributed by atoms with Gasteiger partial charge in [0.25, 0.3) is 5.91 Å². The predicted octanol–water partition coefficient (Wildman–Crippen LogP) is 4.75. The number of nitrogens with zero attached hydrogens (tertiary/aromatic N) is 3. The highest BCUT2D eigenvalue weighted by atomic mass is 32.2. The van der Waals surface area contributed by atoms with Crippen LogP contribution >= 0.6 is 11.8 Å². The summed E-state index contributed by atoms with van der Waals surface area (Å²) in [5.41, 5.74) is 5.75. The second kappa shape index (κ2) is 10.7. The average molecular weight is 466 g/mol. The molecule has 0 saturated carbocycles. The summed E-state index contributed by atoms with van der Waals surface area (Å²) in [4.78, 5) is 25.2. The second-order valence-electron chi connectivity index (χ2n) is 8.26. The zero-order chi connectivity index (χ0) is 24.1. The van der Waals surface area contributed by atoms with Crippen LogP contribution in [0.4, 0.5) is 5.69 Å². The van der Waals surface area contributed by atoms with Gasteiger partial charge in [0.15, 0.2) is 11.0 Å². The minimum Gasteiger partial charge on any atom is -0.342 e. The van der Waals surface area contributed by atoms with E-state index in [1.54, 1.807) is 6.07 Å². The number of carbonyl (C=O) groups is 2. The molecular formula is C25H31N5O2S. The molecule has 1 heterocycles. The fourth-order valence-corrected chi connectivity index (χ4v) is 4.65. The molecule has 1 atom stereocenters. The highest BCUT2D eigenvalue weighted by Crippen LogP contribution is 2.24. The van der Waals surface area contributed by atoms with Crippen molar-refractivity contribution in [3.05, 3.63) is 70.0 Å². The van der Waals surface area contributed by atoms with Crippen molar-refractivity contribution >= 4 is 29.3 Å². The molecule has 0 aliphatic heterocycles. The molecule has 0 aliphatic carbocycles. The van der Waals surface area contributed by atoms with E-state index in [-0.39, 0.29) is 23.6 Å². The van der Waals surface area contributed by atoms with Crippen LogP contribution in [-0.4, -0.2) is 32.3 Å². The molecule has 8 heteroatoms. The van der Waals surface area contributed by atoms with Crippen LogP contribution in [0.5, 0.6) is 0 Å². The first kappa shape index (κ1) is 24.5. The number of thioether (sulfide) groups is 1. The van der Waals surface area contributed by atoms with Gasteiger partial charge < -0.3 is 15.2 Å². The van der Waals surface area contributed by atoms with Crippen LogP contribution in [0.2, 0.25) is 0 Å². The minimum absolute atomic E-state index is 0.0944. The van der Waals surface area contributed by atoms with Gasteiger partial charge in [0.2, 0.25) is 5.91 Å². The summed E-state index contributed by atoms with van der Waals surface area (Å²) < 4.78 is 1.93. The average Bonchev–Trinajstić information content (AvgIpc) is 3.17. The Kier molecular flexibility index (Phi) is 7.92. The topological polar surface area (TPSA) is 88.9 Å². The number of amides is 2. The summed E-state index contributed by atoms with van der Waals surface area (Å²) in [6.45, 7) is 12.5. The normalized spacial score (nSPS) is 11.8. The van der Waals surface area contributed by atoms with E-state index in [4.69, 9.17) is 0 Å². The van der Waals surface area contributed by atoms with Gasteiger partial charge in [0.1, 0.15) is 0 Å². The molecule has 174 valence electrons. The van der Waals surface area contributed by atoms with Crippen LogP contribution < -0.4 is 10.6 Å². The van der Waals surface area contributed by atoms with E-state index in [1.165, 1.54) is 17.3 Å². The molecule has 7 nitrogen and oxygen atoms in total. The number of nitrogens with one attached hydrogen (secondary N) is 2. The number of rotatable bonds is 8. The Bertz CT molecular complexity index is 1150. The minimum atomic E-state index is -0.327. The molecule has 0 spiro atoms. The molecule has 0 saturated heterocycles. The summed E-state index contributed by atoms with van der Waals surface area (Å²) in [6.07, 6.45) is 0. The van der Waals surface area contributed by atoms with E-state index < -0.39 is 0 Å². The molecule has 33 heavy (non-hydrogen) atoms. The van der Waals surface area contributed by atoms with Gasteiger partial charge in [-0.15, -0.1) is 10.2 Å². The predicted molar refractivity (Wildman–Crippen MR) is 133 cm³/mol. The Balaban J connectivity index is 1.65. The van der Waals surface area contributed by atoms with Crippen molar-refractivity contribution < 1.29 is 9.59 Å². The number of anilines is 1. The molecule has 0 unspecified atom stereocenters. The third-order valence-corrected chi connectivity index (χ3v) is 6.32. The fourth-order valence-electron chi connectivity index (χ4n) is 3.84. The largest absolute Gasteiger partial charge is 0.342 e. The van der Waals surface area contributed by atoms with Crippen LogP contribution in [0, 0.1) is 27.7 Å². The van der Waals surface area contributed by atoms with Crippen LogP contribution in [0.25, 0.3) is 0 Å². The SMILES string of the molecule is CCn1c(SCC(=O)Nc2c(C)cc(C)cc2C)nnc1[C@H](C)NC(=O)c1cccc(C)c1. The molecule has 0 fully saturated rings. The Morgan fingerprint density at radius 3 is 2.36 bits per heavy atom. The van der Waals surface area contributed by atoms with Crippen molar-refractivity contribution in [2.75, 3.05) is 11.1 Å². The molecule has 1 aromatic heterocycles. The molecule has 3 rings (SSSR count). The lowest BCUT2D eigenvalue weighted by Crippen LogP contribution is -2.28. The maximum atomic E-state index is 12.6. The molecule has 0 radical (unpaired) electrons. The first-order valence-corrected chi connectivity index (χ1v) is 12.0. The van der Waals surface area contributed by atoms with E-state index >= 15 is 0 Å². The quantitative estimate of drug-likeness (QED) is 0.469. The van der Waals surface area contributed by atoms with Gasteiger partial charge in [0.05, 0.1) is 11.8 Å².